The highest BCUT2D eigenvalue weighted by atomic mass is 16.4. The number of carbonyl (C=O) groups is 1. The van der Waals surface area contributed by atoms with Gasteiger partial charge in [0.05, 0.1) is 5.92 Å². The summed E-state index contributed by atoms with van der Waals surface area (Å²) in [7, 11) is 0. The second-order valence-corrected chi connectivity index (χ2v) is 5.10. The number of carboxylic acid groups (broad SMARTS) is 1. The number of benzene rings is 2. The van der Waals surface area contributed by atoms with Crippen LogP contribution in [0.3, 0.4) is 0 Å². The Balaban J connectivity index is 2.07. The van der Waals surface area contributed by atoms with Gasteiger partial charge in [0.1, 0.15) is 0 Å². The molecule has 2 aromatic rings. The van der Waals surface area contributed by atoms with E-state index in [9.17, 15) is 9.90 Å². The molecule has 0 aromatic heterocycles. The topological polar surface area (TPSA) is 37.3 Å². The smallest absolute Gasteiger partial charge is 0.307 e. The van der Waals surface area contributed by atoms with E-state index in [1.54, 1.807) is 0 Å². The number of carboxylic acids is 1. The highest BCUT2D eigenvalue weighted by Crippen LogP contribution is 2.16. The molecule has 0 aliphatic rings. The summed E-state index contributed by atoms with van der Waals surface area (Å²) in [5.74, 6) is -1.10. The van der Waals surface area contributed by atoms with Gasteiger partial charge in [-0.3, -0.25) is 4.79 Å². The largest absolute Gasteiger partial charge is 0.481 e. The van der Waals surface area contributed by atoms with Gasteiger partial charge in [-0.15, -0.1) is 0 Å². The van der Waals surface area contributed by atoms with Crippen LogP contribution in [0.15, 0.2) is 54.6 Å². The van der Waals surface area contributed by atoms with Crippen LogP contribution in [0.1, 0.15) is 23.6 Å². The van der Waals surface area contributed by atoms with Crippen molar-refractivity contribution < 1.29 is 9.90 Å². The van der Waals surface area contributed by atoms with E-state index in [0.717, 1.165) is 17.5 Å². The van der Waals surface area contributed by atoms with Crippen molar-refractivity contribution in [3.63, 3.8) is 0 Å². The van der Waals surface area contributed by atoms with E-state index in [0.29, 0.717) is 12.8 Å². The Kier molecular flexibility index (Phi) is 4.94. The van der Waals surface area contributed by atoms with Gasteiger partial charge < -0.3 is 5.11 Å². The van der Waals surface area contributed by atoms with Crippen LogP contribution in [-0.2, 0) is 24.1 Å². The number of aliphatic carboxylic acids is 1. The average molecular weight is 268 g/mol. The van der Waals surface area contributed by atoms with Crippen LogP contribution in [-0.4, -0.2) is 11.1 Å². The molecule has 0 saturated heterocycles. The standard InChI is InChI=1S/C18H20O2/c1-2-14-8-10-16(11-9-14)13-17(18(19)20)12-15-6-4-3-5-7-15/h3-11,17H,2,12-13H2,1H3,(H,19,20). The summed E-state index contributed by atoms with van der Waals surface area (Å²) in [6.07, 6.45) is 2.16. The fourth-order valence-electron chi connectivity index (χ4n) is 2.34. The molecule has 1 atom stereocenters. The molecule has 0 saturated carbocycles. The first kappa shape index (κ1) is 14.3. The monoisotopic (exact) mass is 268 g/mol. The van der Waals surface area contributed by atoms with Crippen LogP contribution in [0.2, 0.25) is 0 Å². The molecule has 0 aliphatic carbocycles. The van der Waals surface area contributed by atoms with Gasteiger partial charge in [-0.25, -0.2) is 0 Å². The van der Waals surface area contributed by atoms with Gasteiger partial charge in [-0.1, -0.05) is 61.5 Å². The molecular weight excluding hydrogens is 248 g/mol. The van der Waals surface area contributed by atoms with Crippen LogP contribution >= 0.6 is 0 Å². The molecule has 2 rings (SSSR count). The van der Waals surface area contributed by atoms with E-state index < -0.39 is 5.97 Å². The molecule has 0 bridgehead atoms. The van der Waals surface area contributed by atoms with Gasteiger partial charge in [0.2, 0.25) is 0 Å². The number of hydrogen-bond acceptors (Lipinski definition) is 1. The minimum Gasteiger partial charge on any atom is -0.481 e. The lowest BCUT2D eigenvalue weighted by Crippen LogP contribution is -2.19. The lowest BCUT2D eigenvalue weighted by Gasteiger charge is -2.13. The highest BCUT2D eigenvalue weighted by molar-refractivity contribution is 5.70. The quantitative estimate of drug-likeness (QED) is 0.866. The van der Waals surface area contributed by atoms with Gasteiger partial charge >= 0.3 is 5.97 Å². The van der Waals surface area contributed by atoms with Gasteiger partial charge in [0.25, 0.3) is 0 Å². The Morgan fingerprint density at radius 1 is 0.900 bits per heavy atom. The summed E-state index contributed by atoms with van der Waals surface area (Å²) < 4.78 is 0. The van der Waals surface area contributed by atoms with E-state index in [2.05, 4.69) is 19.1 Å². The lowest BCUT2D eigenvalue weighted by atomic mass is 9.92. The fourth-order valence-corrected chi connectivity index (χ4v) is 2.34. The fraction of sp³-hybridized carbons (Fsp3) is 0.278. The van der Waals surface area contributed by atoms with E-state index in [1.165, 1.54) is 5.56 Å². The molecule has 2 aromatic carbocycles. The summed E-state index contributed by atoms with van der Waals surface area (Å²) in [4.78, 5) is 11.4. The third-order valence-corrected chi connectivity index (χ3v) is 3.59. The molecule has 1 unspecified atom stereocenters. The van der Waals surface area contributed by atoms with Crippen molar-refractivity contribution in [1.82, 2.24) is 0 Å². The van der Waals surface area contributed by atoms with Crippen molar-refractivity contribution in [3.05, 3.63) is 71.3 Å². The molecular formula is C18H20O2. The van der Waals surface area contributed by atoms with Crippen molar-refractivity contribution in [2.45, 2.75) is 26.2 Å². The maximum atomic E-state index is 11.4. The zero-order chi connectivity index (χ0) is 14.4. The summed E-state index contributed by atoms with van der Waals surface area (Å²) >= 11 is 0. The van der Waals surface area contributed by atoms with E-state index in [-0.39, 0.29) is 5.92 Å². The Morgan fingerprint density at radius 2 is 1.40 bits per heavy atom. The lowest BCUT2D eigenvalue weighted by molar-refractivity contribution is -0.141. The summed E-state index contributed by atoms with van der Waals surface area (Å²) in [6, 6.07) is 18.1. The third-order valence-electron chi connectivity index (χ3n) is 3.59. The van der Waals surface area contributed by atoms with Crippen molar-refractivity contribution >= 4 is 5.97 Å². The molecule has 0 aliphatic heterocycles. The van der Waals surface area contributed by atoms with Crippen molar-refractivity contribution in [2.24, 2.45) is 5.92 Å². The Labute approximate surface area is 120 Å². The highest BCUT2D eigenvalue weighted by Gasteiger charge is 2.18. The summed E-state index contributed by atoms with van der Waals surface area (Å²) in [5, 5.41) is 9.40. The Hall–Kier alpha value is -2.09. The molecule has 0 radical (unpaired) electrons. The zero-order valence-electron chi connectivity index (χ0n) is 11.8. The number of rotatable bonds is 6. The Bertz CT molecular complexity index is 543. The Morgan fingerprint density at radius 3 is 1.90 bits per heavy atom. The van der Waals surface area contributed by atoms with Gasteiger partial charge in [0, 0.05) is 0 Å². The minimum atomic E-state index is -0.728. The normalized spacial score (nSPS) is 12.1. The van der Waals surface area contributed by atoms with Gasteiger partial charge in [-0.05, 0) is 36.0 Å². The van der Waals surface area contributed by atoms with E-state index in [1.807, 2.05) is 42.5 Å². The molecule has 0 amide bonds. The predicted octanol–water partition coefficient (Wildman–Crippen LogP) is 3.74. The average Bonchev–Trinajstić information content (AvgIpc) is 2.48. The van der Waals surface area contributed by atoms with E-state index >= 15 is 0 Å². The van der Waals surface area contributed by atoms with Crippen LogP contribution < -0.4 is 0 Å². The maximum absolute atomic E-state index is 11.4. The number of aryl methyl sites for hydroxylation is 1. The van der Waals surface area contributed by atoms with Crippen molar-refractivity contribution in [2.75, 3.05) is 0 Å². The first-order valence-corrected chi connectivity index (χ1v) is 7.03. The minimum absolute atomic E-state index is 0.370. The van der Waals surface area contributed by atoms with E-state index in [4.69, 9.17) is 0 Å². The molecule has 20 heavy (non-hydrogen) atoms. The second-order valence-electron chi connectivity index (χ2n) is 5.10. The molecule has 2 heteroatoms. The maximum Gasteiger partial charge on any atom is 0.307 e. The molecule has 104 valence electrons. The molecule has 0 fully saturated rings. The first-order valence-electron chi connectivity index (χ1n) is 7.03. The third kappa shape index (κ3) is 3.95. The van der Waals surface area contributed by atoms with Crippen molar-refractivity contribution in [3.8, 4) is 0 Å². The van der Waals surface area contributed by atoms with Crippen LogP contribution in [0.5, 0.6) is 0 Å². The molecule has 1 N–H and O–H groups in total. The van der Waals surface area contributed by atoms with Crippen LogP contribution in [0.25, 0.3) is 0 Å². The SMILES string of the molecule is CCc1ccc(CC(Cc2ccccc2)C(=O)O)cc1. The molecule has 0 spiro atoms. The predicted molar refractivity (Wildman–Crippen MR) is 80.8 cm³/mol. The van der Waals surface area contributed by atoms with Crippen LogP contribution in [0, 0.1) is 5.92 Å². The molecule has 0 heterocycles. The molecule has 2 nitrogen and oxygen atoms in total. The second kappa shape index (κ2) is 6.90. The summed E-state index contributed by atoms with van der Waals surface area (Å²) in [6.45, 7) is 2.12. The first-order chi connectivity index (χ1) is 9.69. The van der Waals surface area contributed by atoms with Crippen LogP contribution in [0.4, 0.5) is 0 Å². The zero-order valence-corrected chi connectivity index (χ0v) is 11.8. The van der Waals surface area contributed by atoms with Crippen molar-refractivity contribution in [1.29, 1.82) is 0 Å². The summed E-state index contributed by atoms with van der Waals surface area (Å²) in [5.41, 5.74) is 3.44. The number of hydrogen-bond donors (Lipinski definition) is 1. The van der Waals surface area contributed by atoms with Gasteiger partial charge in [0.15, 0.2) is 0 Å². The van der Waals surface area contributed by atoms with Gasteiger partial charge in [-0.2, -0.15) is 0 Å².